The van der Waals surface area contributed by atoms with Crippen molar-refractivity contribution >= 4 is 34.7 Å². The van der Waals surface area contributed by atoms with Crippen LogP contribution in [0.3, 0.4) is 0 Å². The summed E-state index contributed by atoms with van der Waals surface area (Å²) in [5.41, 5.74) is 1.52. The molecule has 10 nitrogen and oxygen atoms in total. The number of amides is 3. The molecule has 10 heteroatoms. The number of anilines is 2. The number of methoxy groups -OCH3 is 2. The highest BCUT2D eigenvalue weighted by atomic mass is 16.5. The molecule has 3 aromatic rings. The van der Waals surface area contributed by atoms with Gasteiger partial charge in [0.15, 0.2) is 5.82 Å². The number of hydrogen-bond acceptors (Lipinski definition) is 6. The van der Waals surface area contributed by atoms with Crippen molar-refractivity contribution in [2.24, 2.45) is 0 Å². The van der Waals surface area contributed by atoms with Crippen molar-refractivity contribution in [1.29, 1.82) is 0 Å². The SMILES string of the molecule is COCC(NC(=O)Nc1cc2[nH]nc(NC(=O)OC)c2cn1)c1ccccc1. The molecule has 0 aliphatic carbocycles. The van der Waals surface area contributed by atoms with Crippen molar-refractivity contribution in [2.45, 2.75) is 6.04 Å². The van der Waals surface area contributed by atoms with Crippen LogP contribution in [0.1, 0.15) is 11.6 Å². The van der Waals surface area contributed by atoms with E-state index in [1.165, 1.54) is 13.3 Å². The molecule has 0 saturated heterocycles. The maximum Gasteiger partial charge on any atom is 0.412 e. The number of pyridine rings is 1. The molecule has 3 rings (SSSR count). The minimum atomic E-state index is -0.639. The number of aromatic nitrogens is 3. The fourth-order valence-electron chi connectivity index (χ4n) is 2.61. The standard InChI is InChI=1S/C18H20N6O4/c1-27-10-14(11-6-4-3-5-7-11)20-17(25)21-15-8-13-12(9-19-15)16(24-23-13)22-18(26)28-2/h3-9,14H,10H2,1-2H3,(H2,19,20,21,25)(H2,22,23,24,26). The summed E-state index contributed by atoms with van der Waals surface area (Å²) in [4.78, 5) is 27.9. The normalized spacial score (nSPS) is 11.6. The zero-order valence-electron chi connectivity index (χ0n) is 15.4. The number of nitrogens with zero attached hydrogens (tertiary/aromatic N) is 2. The summed E-state index contributed by atoms with van der Waals surface area (Å²) in [7, 11) is 2.83. The van der Waals surface area contributed by atoms with Crippen molar-refractivity contribution in [3.63, 3.8) is 0 Å². The molecular weight excluding hydrogens is 364 g/mol. The van der Waals surface area contributed by atoms with Gasteiger partial charge >= 0.3 is 12.1 Å². The number of aromatic amines is 1. The van der Waals surface area contributed by atoms with E-state index in [0.717, 1.165) is 5.56 Å². The van der Waals surface area contributed by atoms with E-state index in [4.69, 9.17) is 4.74 Å². The summed E-state index contributed by atoms with van der Waals surface area (Å²) in [5.74, 6) is 0.608. The first-order chi connectivity index (χ1) is 13.6. The molecule has 146 valence electrons. The van der Waals surface area contributed by atoms with Crippen LogP contribution in [-0.2, 0) is 9.47 Å². The fraction of sp³-hybridized carbons (Fsp3) is 0.222. The molecule has 28 heavy (non-hydrogen) atoms. The predicted molar refractivity (Wildman–Crippen MR) is 103 cm³/mol. The Bertz CT molecular complexity index is 959. The lowest BCUT2D eigenvalue weighted by Gasteiger charge is -2.18. The van der Waals surface area contributed by atoms with Crippen molar-refractivity contribution < 1.29 is 19.1 Å². The molecule has 0 fully saturated rings. The second kappa shape index (κ2) is 8.82. The summed E-state index contributed by atoms with van der Waals surface area (Å²) in [5, 5.41) is 15.4. The quantitative estimate of drug-likeness (QED) is 0.517. The van der Waals surface area contributed by atoms with E-state index >= 15 is 0 Å². The van der Waals surface area contributed by atoms with Gasteiger partial charge in [0.05, 0.1) is 30.7 Å². The Morgan fingerprint density at radius 2 is 1.96 bits per heavy atom. The first kappa shape index (κ1) is 19.1. The molecule has 0 radical (unpaired) electrons. The number of carbonyl (C=O) groups excluding carboxylic acids is 2. The molecule has 0 aliphatic rings. The molecule has 4 N–H and O–H groups in total. The van der Waals surface area contributed by atoms with E-state index in [0.29, 0.717) is 23.3 Å². The van der Waals surface area contributed by atoms with Crippen LogP contribution in [0.4, 0.5) is 21.2 Å². The van der Waals surface area contributed by atoms with Gasteiger partial charge in [-0.2, -0.15) is 5.10 Å². The Hall–Kier alpha value is -3.66. The zero-order valence-corrected chi connectivity index (χ0v) is 15.4. The summed E-state index contributed by atoms with van der Waals surface area (Å²) in [6.07, 6.45) is 0.851. The zero-order chi connectivity index (χ0) is 19.9. The molecule has 2 aromatic heterocycles. The lowest BCUT2D eigenvalue weighted by Crippen LogP contribution is -2.35. The number of nitrogens with one attached hydrogen (secondary N) is 4. The maximum atomic E-state index is 12.4. The van der Waals surface area contributed by atoms with Crippen LogP contribution in [0.5, 0.6) is 0 Å². The summed E-state index contributed by atoms with van der Waals surface area (Å²) < 4.78 is 9.74. The summed E-state index contributed by atoms with van der Waals surface area (Å²) in [6, 6.07) is 10.4. The van der Waals surface area contributed by atoms with Crippen molar-refractivity contribution in [1.82, 2.24) is 20.5 Å². The van der Waals surface area contributed by atoms with Crippen molar-refractivity contribution in [2.75, 3.05) is 31.5 Å². The Balaban J connectivity index is 1.69. The molecule has 0 spiro atoms. The third kappa shape index (κ3) is 4.54. The average molecular weight is 384 g/mol. The van der Waals surface area contributed by atoms with E-state index in [2.05, 4.69) is 35.9 Å². The van der Waals surface area contributed by atoms with Crippen molar-refractivity contribution in [3.8, 4) is 0 Å². The molecule has 0 aliphatic heterocycles. The van der Waals surface area contributed by atoms with Gasteiger partial charge in [0.25, 0.3) is 0 Å². The van der Waals surface area contributed by atoms with Crippen LogP contribution in [0.15, 0.2) is 42.6 Å². The van der Waals surface area contributed by atoms with Gasteiger partial charge in [-0.1, -0.05) is 30.3 Å². The number of H-pyrrole nitrogens is 1. The Kier molecular flexibility index (Phi) is 6.02. The number of urea groups is 1. The highest BCUT2D eigenvalue weighted by Crippen LogP contribution is 2.22. The monoisotopic (exact) mass is 384 g/mol. The fourth-order valence-corrected chi connectivity index (χ4v) is 2.61. The van der Waals surface area contributed by atoms with Gasteiger partial charge in [0, 0.05) is 19.4 Å². The molecule has 0 saturated carbocycles. The van der Waals surface area contributed by atoms with Crippen molar-refractivity contribution in [3.05, 3.63) is 48.2 Å². The van der Waals surface area contributed by atoms with E-state index in [-0.39, 0.29) is 11.9 Å². The topological polar surface area (TPSA) is 130 Å². The summed E-state index contributed by atoms with van der Waals surface area (Å²) >= 11 is 0. The molecule has 1 aromatic carbocycles. The third-order valence-electron chi connectivity index (χ3n) is 3.94. The third-order valence-corrected chi connectivity index (χ3v) is 3.94. The maximum absolute atomic E-state index is 12.4. The van der Waals surface area contributed by atoms with Gasteiger partial charge in [-0.05, 0) is 5.56 Å². The number of ether oxygens (including phenoxy) is 2. The second-order valence-electron chi connectivity index (χ2n) is 5.82. The van der Waals surface area contributed by atoms with Crippen LogP contribution < -0.4 is 16.0 Å². The van der Waals surface area contributed by atoms with E-state index in [1.54, 1.807) is 13.2 Å². The van der Waals surface area contributed by atoms with Gasteiger partial charge in [0.1, 0.15) is 5.82 Å². The number of hydrogen-bond donors (Lipinski definition) is 4. The molecule has 1 unspecified atom stereocenters. The van der Waals surface area contributed by atoms with Gasteiger partial charge in [-0.15, -0.1) is 0 Å². The van der Waals surface area contributed by atoms with Gasteiger partial charge in [-0.25, -0.2) is 14.6 Å². The first-order valence-electron chi connectivity index (χ1n) is 8.41. The number of fused-ring (bicyclic) bond motifs is 1. The van der Waals surface area contributed by atoms with Crippen LogP contribution in [-0.4, -0.2) is 48.1 Å². The number of benzene rings is 1. The van der Waals surface area contributed by atoms with E-state index in [9.17, 15) is 9.59 Å². The second-order valence-corrected chi connectivity index (χ2v) is 5.82. The van der Waals surface area contributed by atoms with Gasteiger partial charge in [-0.3, -0.25) is 15.7 Å². The van der Waals surface area contributed by atoms with Crippen LogP contribution in [0.25, 0.3) is 10.9 Å². The lowest BCUT2D eigenvalue weighted by atomic mass is 10.1. The van der Waals surface area contributed by atoms with E-state index in [1.807, 2.05) is 30.3 Å². The summed E-state index contributed by atoms with van der Waals surface area (Å²) in [6.45, 7) is 0.326. The van der Waals surface area contributed by atoms with Crippen LogP contribution in [0.2, 0.25) is 0 Å². The van der Waals surface area contributed by atoms with Crippen LogP contribution >= 0.6 is 0 Å². The Labute approximate surface area is 160 Å². The molecular formula is C18H20N6O4. The molecule has 0 bridgehead atoms. The molecule has 2 heterocycles. The van der Waals surface area contributed by atoms with E-state index < -0.39 is 12.1 Å². The minimum absolute atomic E-state index is 0.287. The number of carbonyl (C=O) groups is 2. The molecule has 1 atom stereocenters. The highest BCUT2D eigenvalue weighted by Gasteiger charge is 2.16. The van der Waals surface area contributed by atoms with Crippen LogP contribution in [0, 0.1) is 0 Å². The Morgan fingerprint density at radius 3 is 2.68 bits per heavy atom. The van der Waals surface area contributed by atoms with Gasteiger partial charge < -0.3 is 14.8 Å². The largest absolute Gasteiger partial charge is 0.453 e. The smallest absolute Gasteiger partial charge is 0.412 e. The minimum Gasteiger partial charge on any atom is -0.453 e. The molecule has 3 amide bonds. The predicted octanol–water partition coefficient (Wildman–Crippen LogP) is 2.65. The lowest BCUT2D eigenvalue weighted by molar-refractivity contribution is 0.168. The Morgan fingerprint density at radius 1 is 1.18 bits per heavy atom. The highest BCUT2D eigenvalue weighted by molar-refractivity contribution is 5.98. The van der Waals surface area contributed by atoms with Gasteiger partial charge in [0.2, 0.25) is 0 Å². The number of rotatable bonds is 6. The first-order valence-corrected chi connectivity index (χ1v) is 8.41. The average Bonchev–Trinajstić information content (AvgIpc) is 3.10.